The molecule has 0 spiro atoms. The molecule has 1 aromatic carbocycles. The van der Waals surface area contributed by atoms with Crippen LogP contribution in [-0.4, -0.2) is 16.9 Å². The first kappa shape index (κ1) is 19.8. The van der Waals surface area contributed by atoms with Gasteiger partial charge in [0.1, 0.15) is 5.75 Å². The molecule has 1 unspecified atom stereocenters. The first-order valence-electron chi connectivity index (χ1n) is 7.47. The van der Waals surface area contributed by atoms with Gasteiger partial charge in [-0.1, -0.05) is 13.8 Å². The summed E-state index contributed by atoms with van der Waals surface area (Å²) in [6.07, 6.45) is -4.12. The molecule has 4 N–H and O–H groups in total. The highest BCUT2D eigenvalue weighted by Gasteiger charge is 2.34. The lowest BCUT2D eigenvalue weighted by Gasteiger charge is -2.17. The summed E-state index contributed by atoms with van der Waals surface area (Å²) in [5.74, 6) is -1.99. The van der Waals surface area contributed by atoms with E-state index in [1.54, 1.807) is 0 Å². The van der Waals surface area contributed by atoms with Crippen LogP contribution in [-0.2, 0) is 15.8 Å². The molecule has 0 aliphatic rings. The minimum absolute atomic E-state index is 0.0245. The predicted octanol–water partition coefficient (Wildman–Crippen LogP) is 3.28. The SMILES string of the molecule is CC(C)CC(CC(N)=O)CC(=O)Nc1ccc(O)c(C(F)(F)F)c1. The van der Waals surface area contributed by atoms with Gasteiger partial charge in [0.25, 0.3) is 0 Å². The van der Waals surface area contributed by atoms with E-state index in [2.05, 4.69) is 5.32 Å². The first-order chi connectivity index (χ1) is 11.0. The number of alkyl halides is 3. The highest BCUT2D eigenvalue weighted by molar-refractivity contribution is 5.91. The van der Waals surface area contributed by atoms with Gasteiger partial charge < -0.3 is 16.2 Å². The normalized spacial score (nSPS) is 12.9. The Balaban J connectivity index is 2.81. The van der Waals surface area contributed by atoms with E-state index in [1.807, 2.05) is 13.8 Å². The summed E-state index contributed by atoms with van der Waals surface area (Å²) in [6.45, 7) is 3.86. The Kier molecular flexibility index (Phi) is 6.62. The fraction of sp³-hybridized carbons (Fsp3) is 0.500. The number of amides is 2. The summed E-state index contributed by atoms with van der Waals surface area (Å²) in [7, 11) is 0. The number of hydrogen-bond acceptors (Lipinski definition) is 3. The maximum absolute atomic E-state index is 12.7. The maximum Gasteiger partial charge on any atom is 0.420 e. The van der Waals surface area contributed by atoms with Crippen molar-refractivity contribution in [3.63, 3.8) is 0 Å². The van der Waals surface area contributed by atoms with Crippen molar-refractivity contribution < 1.29 is 27.9 Å². The highest BCUT2D eigenvalue weighted by atomic mass is 19.4. The smallest absolute Gasteiger partial charge is 0.420 e. The van der Waals surface area contributed by atoms with Crippen LogP contribution >= 0.6 is 0 Å². The van der Waals surface area contributed by atoms with E-state index in [1.165, 1.54) is 6.07 Å². The number of phenols is 1. The Morgan fingerprint density at radius 3 is 2.38 bits per heavy atom. The standard InChI is InChI=1S/C16H21F3N2O3/c1-9(2)5-10(6-14(20)23)7-15(24)21-11-3-4-13(22)12(8-11)16(17,18)19/h3-4,8-10,22H,5-7H2,1-2H3,(H2,20,23)(H,21,24). The monoisotopic (exact) mass is 346 g/mol. The van der Waals surface area contributed by atoms with E-state index in [9.17, 15) is 27.9 Å². The van der Waals surface area contributed by atoms with Gasteiger partial charge in [-0.3, -0.25) is 9.59 Å². The van der Waals surface area contributed by atoms with Gasteiger partial charge in [-0.25, -0.2) is 0 Å². The van der Waals surface area contributed by atoms with Crippen LogP contribution in [0.25, 0.3) is 0 Å². The minimum Gasteiger partial charge on any atom is -0.507 e. The third-order valence-corrected chi connectivity index (χ3v) is 3.35. The van der Waals surface area contributed by atoms with Crippen LogP contribution in [0.3, 0.4) is 0 Å². The fourth-order valence-electron chi connectivity index (χ4n) is 2.51. The summed E-state index contributed by atoms with van der Waals surface area (Å²) >= 11 is 0. The van der Waals surface area contributed by atoms with E-state index in [-0.39, 0.29) is 30.4 Å². The van der Waals surface area contributed by atoms with Gasteiger partial charge in [0.05, 0.1) is 5.56 Å². The van der Waals surface area contributed by atoms with Gasteiger partial charge in [-0.15, -0.1) is 0 Å². The molecule has 1 atom stereocenters. The topological polar surface area (TPSA) is 92.4 Å². The van der Waals surface area contributed by atoms with Crippen LogP contribution in [0.4, 0.5) is 18.9 Å². The van der Waals surface area contributed by atoms with Crippen molar-refractivity contribution in [2.45, 2.75) is 39.3 Å². The number of carbonyl (C=O) groups is 2. The molecule has 0 bridgehead atoms. The average molecular weight is 346 g/mol. The second-order valence-electron chi connectivity index (χ2n) is 6.15. The number of aromatic hydroxyl groups is 1. The van der Waals surface area contributed by atoms with Gasteiger partial charge in [0.15, 0.2) is 0 Å². The van der Waals surface area contributed by atoms with Gasteiger partial charge in [-0.05, 0) is 36.5 Å². The Hall–Kier alpha value is -2.25. The summed E-state index contributed by atoms with van der Waals surface area (Å²) in [5, 5.41) is 11.6. The Morgan fingerprint density at radius 2 is 1.88 bits per heavy atom. The molecule has 134 valence electrons. The van der Waals surface area contributed by atoms with Crippen molar-refractivity contribution in [1.29, 1.82) is 0 Å². The average Bonchev–Trinajstić information content (AvgIpc) is 2.37. The third kappa shape index (κ3) is 6.47. The molecule has 0 aliphatic carbocycles. The Labute approximate surface area is 138 Å². The number of phenolic OH excluding ortho intramolecular Hbond substituents is 1. The number of hydrogen-bond donors (Lipinski definition) is 3. The van der Waals surface area contributed by atoms with E-state index in [0.717, 1.165) is 6.07 Å². The van der Waals surface area contributed by atoms with E-state index in [0.29, 0.717) is 12.5 Å². The zero-order valence-corrected chi connectivity index (χ0v) is 13.5. The zero-order valence-electron chi connectivity index (χ0n) is 13.5. The molecular formula is C16H21F3N2O3. The second kappa shape index (κ2) is 8.03. The molecular weight excluding hydrogens is 325 g/mol. The molecule has 0 aromatic heterocycles. The summed E-state index contributed by atoms with van der Waals surface area (Å²) in [4.78, 5) is 23.1. The minimum atomic E-state index is -4.73. The Bertz CT molecular complexity index is 601. The predicted molar refractivity (Wildman–Crippen MR) is 83.1 cm³/mol. The number of primary amides is 1. The van der Waals surface area contributed by atoms with Crippen molar-refractivity contribution in [3.8, 4) is 5.75 Å². The molecule has 0 saturated carbocycles. The zero-order chi connectivity index (χ0) is 18.5. The van der Waals surface area contributed by atoms with Crippen molar-refractivity contribution in [2.75, 3.05) is 5.32 Å². The second-order valence-corrected chi connectivity index (χ2v) is 6.15. The summed E-state index contributed by atoms with van der Waals surface area (Å²) in [5.41, 5.74) is 3.86. The lowest BCUT2D eigenvalue weighted by Crippen LogP contribution is -2.23. The fourth-order valence-corrected chi connectivity index (χ4v) is 2.51. The largest absolute Gasteiger partial charge is 0.507 e. The van der Waals surface area contributed by atoms with E-state index in [4.69, 9.17) is 5.73 Å². The lowest BCUT2D eigenvalue weighted by molar-refractivity contribution is -0.138. The van der Waals surface area contributed by atoms with E-state index >= 15 is 0 Å². The summed E-state index contributed by atoms with van der Waals surface area (Å²) in [6, 6.07) is 2.71. The summed E-state index contributed by atoms with van der Waals surface area (Å²) < 4.78 is 38.2. The quantitative estimate of drug-likeness (QED) is 0.662. The number of nitrogens with one attached hydrogen (secondary N) is 1. The number of benzene rings is 1. The molecule has 0 aliphatic heterocycles. The molecule has 0 fully saturated rings. The molecule has 1 aromatic rings. The highest BCUT2D eigenvalue weighted by Crippen LogP contribution is 2.37. The molecule has 24 heavy (non-hydrogen) atoms. The number of anilines is 1. The molecule has 1 rings (SSSR count). The number of rotatable bonds is 7. The molecule has 2 amide bonds. The van der Waals surface area contributed by atoms with Crippen LogP contribution in [0.1, 0.15) is 38.7 Å². The van der Waals surface area contributed by atoms with Gasteiger partial charge in [-0.2, -0.15) is 13.2 Å². The van der Waals surface area contributed by atoms with Gasteiger partial charge >= 0.3 is 6.18 Å². The van der Waals surface area contributed by atoms with Crippen LogP contribution in [0.15, 0.2) is 18.2 Å². The molecule has 0 radical (unpaired) electrons. The number of nitrogens with two attached hydrogens (primary N) is 1. The molecule has 8 heteroatoms. The van der Waals surface area contributed by atoms with Crippen LogP contribution < -0.4 is 11.1 Å². The van der Waals surface area contributed by atoms with Crippen LogP contribution in [0, 0.1) is 11.8 Å². The number of carbonyl (C=O) groups excluding carboxylic acids is 2. The molecule has 0 saturated heterocycles. The van der Waals surface area contributed by atoms with Crippen molar-refractivity contribution in [1.82, 2.24) is 0 Å². The maximum atomic E-state index is 12.7. The van der Waals surface area contributed by atoms with Crippen LogP contribution in [0.2, 0.25) is 0 Å². The van der Waals surface area contributed by atoms with Gasteiger partial charge in [0.2, 0.25) is 11.8 Å². The van der Waals surface area contributed by atoms with Crippen molar-refractivity contribution in [2.24, 2.45) is 17.6 Å². The molecule has 0 heterocycles. The van der Waals surface area contributed by atoms with Crippen LogP contribution in [0.5, 0.6) is 5.75 Å². The lowest BCUT2D eigenvalue weighted by atomic mass is 9.91. The molecule has 5 nitrogen and oxygen atoms in total. The van der Waals surface area contributed by atoms with E-state index < -0.39 is 29.3 Å². The van der Waals surface area contributed by atoms with Gasteiger partial charge in [0, 0.05) is 18.5 Å². The third-order valence-electron chi connectivity index (χ3n) is 3.35. The van der Waals surface area contributed by atoms with Crippen molar-refractivity contribution in [3.05, 3.63) is 23.8 Å². The Morgan fingerprint density at radius 1 is 1.25 bits per heavy atom. The van der Waals surface area contributed by atoms with Crippen molar-refractivity contribution >= 4 is 17.5 Å². The first-order valence-corrected chi connectivity index (χ1v) is 7.47. The number of halogens is 3.